The van der Waals surface area contributed by atoms with Crippen LogP contribution < -0.4 is 4.74 Å². The molecule has 1 radical (unpaired) electrons. The molecule has 0 amide bonds. The number of hydrogen-bond acceptors (Lipinski definition) is 1. The molecule has 1 aromatic rings. The van der Waals surface area contributed by atoms with Crippen molar-refractivity contribution in [3.8, 4) is 5.75 Å². The molecule has 0 aliphatic carbocycles. The lowest BCUT2D eigenvalue weighted by atomic mass is 10.3. The third-order valence-corrected chi connectivity index (χ3v) is 1.95. The number of rotatable bonds is 4. The van der Waals surface area contributed by atoms with E-state index in [0.29, 0.717) is 0 Å². The first-order valence-electron chi connectivity index (χ1n) is 4.31. The highest BCUT2D eigenvalue weighted by molar-refractivity contribution is 7.80. The molecule has 0 aliphatic rings. The van der Waals surface area contributed by atoms with Gasteiger partial charge in [-0.05, 0) is 31.2 Å². The molecule has 1 atom stereocenters. The summed E-state index contributed by atoms with van der Waals surface area (Å²) in [6.45, 7) is 2.02. The number of benzene rings is 1. The molecular formula is C10H12FOS. The fraction of sp³-hybridized carbons (Fsp3) is 0.400. The van der Waals surface area contributed by atoms with Gasteiger partial charge in [-0.1, -0.05) is 25.5 Å². The molecule has 71 valence electrons. The van der Waals surface area contributed by atoms with Gasteiger partial charge in [0.2, 0.25) is 0 Å². The van der Waals surface area contributed by atoms with E-state index < -0.39 is 0 Å². The van der Waals surface area contributed by atoms with Gasteiger partial charge in [0.05, 0.1) is 0 Å². The Balaban J connectivity index is 2.58. The predicted molar refractivity (Wildman–Crippen MR) is 53.3 cm³/mol. The highest BCUT2D eigenvalue weighted by atomic mass is 32.1. The molecule has 1 rings (SSSR count). The topological polar surface area (TPSA) is 9.23 Å². The summed E-state index contributed by atoms with van der Waals surface area (Å²) in [6.07, 6.45) is 1.71. The minimum atomic E-state index is -0.353. The maximum atomic E-state index is 13.0. The van der Waals surface area contributed by atoms with Crippen molar-refractivity contribution >= 4 is 12.6 Å². The first kappa shape index (κ1) is 10.4. The lowest BCUT2D eigenvalue weighted by Gasteiger charge is -2.12. The first-order valence-corrected chi connectivity index (χ1v) is 4.78. The minimum Gasteiger partial charge on any atom is -0.476 e. The van der Waals surface area contributed by atoms with Gasteiger partial charge in [0.1, 0.15) is 0 Å². The molecule has 0 bridgehead atoms. The second kappa shape index (κ2) is 5.12. The number of ether oxygens (including phenoxy) is 1. The molecule has 0 saturated heterocycles. The van der Waals surface area contributed by atoms with Crippen LogP contribution in [0.2, 0.25) is 0 Å². The van der Waals surface area contributed by atoms with E-state index in [1.165, 1.54) is 6.07 Å². The standard InChI is InChI=1S/C10H12FOS/c1-2-5-10(13)12-9-7-4-3-6-8(9)11/h3-4,6-7,10H,2,5H2,1H3. The fourth-order valence-corrected chi connectivity index (χ4v) is 1.32. The molecular weight excluding hydrogens is 187 g/mol. The summed E-state index contributed by atoms with van der Waals surface area (Å²) in [5, 5.41) is 0. The average molecular weight is 199 g/mol. The summed E-state index contributed by atoms with van der Waals surface area (Å²) < 4.78 is 18.2. The van der Waals surface area contributed by atoms with E-state index >= 15 is 0 Å². The normalized spacial score (nSPS) is 12.5. The van der Waals surface area contributed by atoms with Crippen LogP contribution in [0.15, 0.2) is 24.3 Å². The van der Waals surface area contributed by atoms with Crippen molar-refractivity contribution in [2.75, 3.05) is 0 Å². The van der Waals surface area contributed by atoms with Crippen molar-refractivity contribution in [1.29, 1.82) is 0 Å². The smallest absolute Gasteiger partial charge is 0.165 e. The van der Waals surface area contributed by atoms with E-state index in [0.717, 1.165) is 12.8 Å². The second-order valence-corrected chi connectivity index (χ2v) is 3.29. The zero-order valence-electron chi connectivity index (χ0n) is 7.50. The molecule has 13 heavy (non-hydrogen) atoms. The molecule has 1 aromatic carbocycles. The van der Waals surface area contributed by atoms with Crippen LogP contribution in [-0.4, -0.2) is 5.44 Å². The Kier molecular flexibility index (Phi) is 4.09. The van der Waals surface area contributed by atoms with Crippen LogP contribution in [0.1, 0.15) is 19.8 Å². The zero-order chi connectivity index (χ0) is 9.68. The van der Waals surface area contributed by atoms with Crippen LogP contribution in [0.5, 0.6) is 5.75 Å². The Morgan fingerprint density at radius 2 is 2.15 bits per heavy atom. The van der Waals surface area contributed by atoms with Crippen molar-refractivity contribution in [2.24, 2.45) is 0 Å². The zero-order valence-corrected chi connectivity index (χ0v) is 8.31. The van der Waals surface area contributed by atoms with E-state index in [2.05, 4.69) is 0 Å². The minimum absolute atomic E-state index is 0.246. The molecule has 0 saturated carbocycles. The van der Waals surface area contributed by atoms with E-state index in [1.807, 2.05) is 6.92 Å². The number of para-hydroxylation sites is 1. The van der Waals surface area contributed by atoms with Crippen molar-refractivity contribution in [1.82, 2.24) is 0 Å². The third-order valence-electron chi connectivity index (χ3n) is 1.62. The molecule has 1 nitrogen and oxygen atoms in total. The lowest BCUT2D eigenvalue weighted by Crippen LogP contribution is -2.08. The summed E-state index contributed by atoms with van der Waals surface area (Å²) >= 11 is 4.99. The SMILES string of the molecule is CCCC([S])Oc1ccccc1F. The summed E-state index contributed by atoms with van der Waals surface area (Å²) in [6, 6.07) is 6.31. The Bertz CT molecular complexity index is 265. The van der Waals surface area contributed by atoms with E-state index in [4.69, 9.17) is 17.4 Å². The van der Waals surface area contributed by atoms with Gasteiger partial charge >= 0.3 is 0 Å². The molecule has 0 aromatic heterocycles. The monoisotopic (exact) mass is 199 g/mol. The summed E-state index contributed by atoms with van der Waals surface area (Å²) in [5.41, 5.74) is -0.332. The molecule has 3 heteroatoms. The van der Waals surface area contributed by atoms with Gasteiger partial charge in [0.25, 0.3) is 0 Å². The van der Waals surface area contributed by atoms with Crippen molar-refractivity contribution in [3.63, 3.8) is 0 Å². The number of halogens is 1. The summed E-state index contributed by atoms with van der Waals surface area (Å²) in [4.78, 5) is 0. The van der Waals surface area contributed by atoms with Crippen LogP contribution in [0, 0.1) is 5.82 Å². The second-order valence-electron chi connectivity index (χ2n) is 2.77. The predicted octanol–water partition coefficient (Wildman–Crippen LogP) is 3.53. The highest BCUT2D eigenvalue weighted by Crippen LogP contribution is 2.19. The van der Waals surface area contributed by atoms with Gasteiger partial charge in [0, 0.05) is 0 Å². The largest absolute Gasteiger partial charge is 0.476 e. The molecule has 0 N–H and O–H groups in total. The summed E-state index contributed by atoms with van der Waals surface area (Å²) in [5.74, 6) is -0.107. The van der Waals surface area contributed by atoms with Gasteiger partial charge < -0.3 is 4.74 Å². The van der Waals surface area contributed by atoms with Crippen LogP contribution in [0.25, 0.3) is 0 Å². The van der Waals surface area contributed by atoms with Gasteiger partial charge in [-0.3, -0.25) is 0 Å². The van der Waals surface area contributed by atoms with Crippen LogP contribution in [0.3, 0.4) is 0 Å². The van der Waals surface area contributed by atoms with E-state index in [9.17, 15) is 4.39 Å². The van der Waals surface area contributed by atoms with Crippen molar-refractivity contribution in [3.05, 3.63) is 30.1 Å². The fourth-order valence-electron chi connectivity index (χ4n) is 0.977. The van der Waals surface area contributed by atoms with Crippen molar-refractivity contribution < 1.29 is 9.13 Å². The Hall–Kier alpha value is -0.700. The van der Waals surface area contributed by atoms with Crippen LogP contribution in [0.4, 0.5) is 4.39 Å². The third kappa shape index (κ3) is 3.27. The molecule has 0 fully saturated rings. The van der Waals surface area contributed by atoms with E-state index in [1.54, 1.807) is 18.2 Å². The lowest BCUT2D eigenvalue weighted by molar-refractivity contribution is 0.265. The maximum absolute atomic E-state index is 13.0. The summed E-state index contributed by atoms with van der Waals surface area (Å²) in [7, 11) is 0. The Labute approximate surface area is 83.3 Å². The van der Waals surface area contributed by atoms with E-state index in [-0.39, 0.29) is 17.0 Å². The molecule has 0 heterocycles. The molecule has 1 unspecified atom stereocenters. The first-order chi connectivity index (χ1) is 6.24. The Morgan fingerprint density at radius 1 is 1.46 bits per heavy atom. The molecule has 0 spiro atoms. The van der Waals surface area contributed by atoms with Gasteiger partial charge in [0.15, 0.2) is 17.0 Å². The molecule has 0 aliphatic heterocycles. The van der Waals surface area contributed by atoms with Gasteiger partial charge in [-0.2, -0.15) is 0 Å². The van der Waals surface area contributed by atoms with Crippen LogP contribution >= 0.6 is 12.6 Å². The quantitative estimate of drug-likeness (QED) is 0.720. The van der Waals surface area contributed by atoms with Gasteiger partial charge in [-0.15, -0.1) is 0 Å². The Morgan fingerprint density at radius 3 is 2.77 bits per heavy atom. The highest BCUT2D eigenvalue weighted by Gasteiger charge is 2.07. The number of hydrogen-bond donors (Lipinski definition) is 0. The van der Waals surface area contributed by atoms with Gasteiger partial charge in [-0.25, -0.2) is 4.39 Å². The average Bonchev–Trinajstić information content (AvgIpc) is 2.09. The maximum Gasteiger partial charge on any atom is 0.165 e. The van der Waals surface area contributed by atoms with Crippen LogP contribution in [-0.2, 0) is 0 Å². The van der Waals surface area contributed by atoms with Crippen molar-refractivity contribution in [2.45, 2.75) is 25.2 Å².